The number of ether oxygens (including phenoxy) is 1. The molecule has 0 bridgehead atoms. The highest BCUT2D eigenvalue weighted by atomic mass is 32.2. The van der Waals surface area contributed by atoms with Gasteiger partial charge in [-0.15, -0.1) is 0 Å². The number of carbonyl (C=O) groups excluding carboxylic acids is 2. The molecule has 0 aliphatic heterocycles. The van der Waals surface area contributed by atoms with E-state index in [0.29, 0.717) is 31.6 Å². The van der Waals surface area contributed by atoms with Crippen LogP contribution >= 0.6 is 11.8 Å². The van der Waals surface area contributed by atoms with Gasteiger partial charge in [-0.1, -0.05) is 48.5 Å². The van der Waals surface area contributed by atoms with Crippen molar-refractivity contribution < 1.29 is 24.2 Å². The molecule has 3 N–H and O–H groups in total. The first-order valence-corrected chi connectivity index (χ1v) is 12.5. The molecule has 1 aliphatic rings. The van der Waals surface area contributed by atoms with E-state index in [1.165, 1.54) is 0 Å². The van der Waals surface area contributed by atoms with Crippen molar-refractivity contribution in [3.8, 4) is 11.1 Å². The zero-order valence-corrected chi connectivity index (χ0v) is 19.5. The second-order valence-corrected chi connectivity index (χ2v) is 8.93. The first kappa shape index (κ1) is 24.6. The van der Waals surface area contributed by atoms with Gasteiger partial charge >= 0.3 is 12.1 Å². The molecule has 176 valence electrons. The lowest BCUT2D eigenvalue weighted by molar-refractivity contribution is -0.137. The van der Waals surface area contributed by atoms with Crippen LogP contribution in [0, 0.1) is 0 Å². The van der Waals surface area contributed by atoms with E-state index < -0.39 is 18.1 Å². The summed E-state index contributed by atoms with van der Waals surface area (Å²) in [6.07, 6.45) is 2.93. The Morgan fingerprint density at radius 2 is 1.67 bits per heavy atom. The molecule has 0 fully saturated rings. The Labute approximate surface area is 198 Å². The predicted molar refractivity (Wildman–Crippen MR) is 129 cm³/mol. The number of rotatable bonds is 12. The Hall–Kier alpha value is -3.00. The maximum absolute atomic E-state index is 12.6. The molecule has 0 saturated heterocycles. The van der Waals surface area contributed by atoms with E-state index >= 15 is 0 Å². The molecule has 0 heterocycles. The van der Waals surface area contributed by atoms with E-state index in [9.17, 15) is 14.4 Å². The van der Waals surface area contributed by atoms with Crippen molar-refractivity contribution in [2.24, 2.45) is 0 Å². The number of carbonyl (C=O) groups is 3. The van der Waals surface area contributed by atoms with Crippen molar-refractivity contribution in [2.45, 2.75) is 37.6 Å². The second kappa shape index (κ2) is 12.3. The Bertz CT molecular complexity index is 935. The third kappa shape index (κ3) is 6.74. The molecule has 1 aliphatic carbocycles. The second-order valence-electron chi connectivity index (χ2n) is 7.95. The number of unbranched alkanes of at least 4 members (excludes halogenated alkanes) is 1. The van der Waals surface area contributed by atoms with E-state index in [1.807, 2.05) is 30.5 Å². The monoisotopic (exact) mass is 470 g/mol. The fourth-order valence-electron chi connectivity index (χ4n) is 4.02. The summed E-state index contributed by atoms with van der Waals surface area (Å²) in [5.41, 5.74) is 4.57. The quantitative estimate of drug-likeness (QED) is 0.405. The molecule has 2 aromatic rings. The molecule has 8 heteroatoms. The summed E-state index contributed by atoms with van der Waals surface area (Å²) in [6, 6.07) is 15.5. The number of nitrogens with one attached hydrogen (secondary N) is 2. The third-order valence-corrected chi connectivity index (χ3v) is 6.32. The smallest absolute Gasteiger partial charge is 0.407 e. The first-order chi connectivity index (χ1) is 16.0. The largest absolute Gasteiger partial charge is 0.481 e. The minimum Gasteiger partial charge on any atom is -0.481 e. The van der Waals surface area contributed by atoms with Gasteiger partial charge in [0.1, 0.15) is 12.6 Å². The number of aliphatic carboxylic acids is 1. The van der Waals surface area contributed by atoms with Crippen molar-refractivity contribution in [1.29, 1.82) is 0 Å². The van der Waals surface area contributed by atoms with E-state index in [0.717, 1.165) is 22.3 Å². The van der Waals surface area contributed by atoms with Crippen molar-refractivity contribution in [3.05, 3.63) is 59.7 Å². The molecule has 33 heavy (non-hydrogen) atoms. The zero-order chi connectivity index (χ0) is 23.6. The van der Waals surface area contributed by atoms with Gasteiger partial charge in [-0.05, 0) is 53.5 Å². The van der Waals surface area contributed by atoms with Crippen LogP contribution < -0.4 is 10.6 Å². The number of carboxylic acids is 1. The predicted octanol–water partition coefficient (Wildman–Crippen LogP) is 4.02. The van der Waals surface area contributed by atoms with E-state index in [2.05, 4.69) is 34.9 Å². The van der Waals surface area contributed by atoms with Crippen LogP contribution in [0.4, 0.5) is 4.79 Å². The van der Waals surface area contributed by atoms with Crippen LogP contribution in [0.2, 0.25) is 0 Å². The average Bonchev–Trinajstić information content (AvgIpc) is 3.13. The van der Waals surface area contributed by atoms with Crippen LogP contribution in [0.3, 0.4) is 0 Å². The molecular weight excluding hydrogens is 440 g/mol. The summed E-state index contributed by atoms with van der Waals surface area (Å²) >= 11 is 1.59. The first-order valence-electron chi connectivity index (χ1n) is 11.1. The van der Waals surface area contributed by atoms with Crippen LogP contribution in [0.25, 0.3) is 11.1 Å². The van der Waals surface area contributed by atoms with Crippen molar-refractivity contribution in [3.63, 3.8) is 0 Å². The minimum atomic E-state index is -0.851. The summed E-state index contributed by atoms with van der Waals surface area (Å²) < 4.78 is 5.57. The molecule has 1 atom stereocenters. The van der Waals surface area contributed by atoms with Crippen LogP contribution in [0.5, 0.6) is 0 Å². The lowest BCUT2D eigenvalue weighted by atomic mass is 9.98. The lowest BCUT2D eigenvalue weighted by Crippen LogP contribution is -2.47. The number of thioether (sulfide) groups is 1. The highest BCUT2D eigenvalue weighted by molar-refractivity contribution is 7.98. The molecule has 0 spiro atoms. The van der Waals surface area contributed by atoms with Gasteiger partial charge < -0.3 is 20.5 Å². The summed E-state index contributed by atoms with van der Waals surface area (Å²) in [6.45, 7) is 0.556. The normalized spacial score (nSPS) is 13.0. The van der Waals surface area contributed by atoms with Gasteiger partial charge in [-0.2, -0.15) is 11.8 Å². The summed E-state index contributed by atoms with van der Waals surface area (Å²) in [4.78, 5) is 35.7. The average molecular weight is 471 g/mol. The van der Waals surface area contributed by atoms with Crippen LogP contribution in [-0.4, -0.2) is 54.3 Å². The van der Waals surface area contributed by atoms with Crippen molar-refractivity contribution >= 4 is 29.7 Å². The summed E-state index contributed by atoms with van der Waals surface area (Å²) in [7, 11) is 0. The SMILES string of the molecule is CSCC[C@H](NC(=O)OCC1c2ccccc2-c2ccccc21)C(=O)NCCCCC(=O)O. The number of benzene rings is 2. The molecule has 0 unspecified atom stereocenters. The number of amides is 2. The molecule has 0 aromatic heterocycles. The Balaban J connectivity index is 1.55. The van der Waals surface area contributed by atoms with Gasteiger partial charge in [0.05, 0.1) is 0 Å². The van der Waals surface area contributed by atoms with Gasteiger partial charge in [0.15, 0.2) is 0 Å². The summed E-state index contributed by atoms with van der Waals surface area (Å²) in [5.74, 6) is -0.472. The minimum absolute atomic E-state index is 0.0455. The highest BCUT2D eigenvalue weighted by Gasteiger charge is 2.29. The Morgan fingerprint density at radius 1 is 1.03 bits per heavy atom. The van der Waals surface area contributed by atoms with Crippen molar-refractivity contribution in [1.82, 2.24) is 10.6 Å². The summed E-state index contributed by atoms with van der Waals surface area (Å²) in [5, 5.41) is 14.2. The van der Waals surface area contributed by atoms with Gasteiger partial charge in [-0.25, -0.2) is 4.79 Å². The molecule has 0 saturated carbocycles. The van der Waals surface area contributed by atoms with Crippen molar-refractivity contribution in [2.75, 3.05) is 25.2 Å². The maximum atomic E-state index is 12.6. The highest BCUT2D eigenvalue weighted by Crippen LogP contribution is 2.44. The van der Waals surface area contributed by atoms with Crippen LogP contribution in [0.15, 0.2) is 48.5 Å². The maximum Gasteiger partial charge on any atom is 0.407 e. The van der Waals surface area contributed by atoms with E-state index in [1.54, 1.807) is 11.8 Å². The molecule has 2 amide bonds. The van der Waals surface area contributed by atoms with Crippen LogP contribution in [0.1, 0.15) is 42.7 Å². The van der Waals surface area contributed by atoms with Gasteiger partial charge in [-0.3, -0.25) is 9.59 Å². The van der Waals surface area contributed by atoms with E-state index in [-0.39, 0.29) is 24.9 Å². The Kier molecular flexibility index (Phi) is 9.18. The third-order valence-electron chi connectivity index (χ3n) is 5.68. The van der Waals surface area contributed by atoms with Crippen LogP contribution in [-0.2, 0) is 14.3 Å². The number of fused-ring (bicyclic) bond motifs is 3. The molecular formula is C25H30N2O5S. The zero-order valence-electron chi connectivity index (χ0n) is 18.7. The standard InChI is InChI=1S/C25H30N2O5S/c1-33-15-13-22(24(30)26-14-7-6-12-23(28)29)27-25(31)32-16-21-19-10-4-2-8-17(19)18-9-3-5-11-20(18)21/h2-5,8-11,21-22H,6-7,12-16H2,1H3,(H,26,30)(H,27,31)(H,28,29)/t22-/m0/s1. The molecule has 0 radical (unpaired) electrons. The van der Waals surface area contributed by atoms with Gasteiger partial charge in [0.2, 0.25) is 5.91 Å². The molecule has 7 nitrogen and oxygen atoms in total. The number of hydrogen-bond donors (Lipinski definition) is 3. The fraction of sp³-hybridized carbons (Fsp3) is 0.400. The lowest BCUT2D eigenvalue weighted by Gasteiger charge is -2.19. The topological polar surface area (TPSA) is 105 Å². The molecule has 3 rings (SSSR count). The van der Waals surface area contributed by atoms with E-state index in [4.69, 9.17) is 9.84 Å². The Morgan fingerprint density at radius 3 is 2.27 bits per heavy atom. The van der Waals surface area contributed by atoms with Gasteiger partial charge in [0, 0.05) is 18.9 Å². The number of carboxylic acid groups (broad SMARTS) is 1. The fourth-order valence-corrected chi connectivity index (χ4v) is 4.49. The number of alkyl carbamates (subject to hydrolysis) is 1. The number of hydrogen-bond acceptors (Lipinski definition) is 5. The molecule has 2 aromatic carbocycles. The van der Waals surface area contributed by atoms with Gasteiger partial charge in [0.25, 0.3) is 0 Å².